The average Bonchev–Trinajstić information content (AvgIpc) is 2.39. The zero-order valence-electron chi connectivity index (χ0n) is 12.0. The van der Waals surface area contributed by atoms with Gasteiger partial charge in [-0.15, -0.1) is 0 Å². The zero-order chi connectivity index (χ0) is 15.1. The highest BCUT2D eigenvalue weighted by Gasteiger charge is 2.16. The maximum atomic E-state index is 13.4. The minimum atomic E-state index is -1.02. The predicted molar refractivity (Wildman–Crippen MR) is 76.2 cm³/mol. The maximum Gasteiger partial charge on any atom is 0.224 e. The van der Waals surface area contributed by atoms with E-state index in [-0.39, 0.29) is 18.0 Å². The normalized spacial score (nSPS) is 12.5. The van der Waals surface area contributed by atoms with E-state index in [2.05, 4.69) is 19.2 Å². The molecule has 0 spiro atoms. The lowest BCUT2D eigenvalue weighted by atomic mass is 9.88. The Balaban J connectivity index is 2.53. The SMILES string of the molecule is CC(C)C(CCN)CCC(=O)Nc1cccc(F)c1F. The van der Waals surface area contributed by atoms with Crippen molar-refractivity contribution in [2.24, 2.45) is 17.6 Å². The summed E-state index contributed by atoms with van der Waals surface area (Å²) < 4.78 is 26.4. The zero-order valence-corrected chi connectivity index (χ0v) is 12.0. The van der Waals surface area contributed by atoms with Gasteiger partial charge in [-0.05, 0) is 43.4 Å². The van der Waals surface area contributed by atoms with Gasteiger partial charge in [0.05, 0.1) is 5.69 Å². The van der Waals surface area contributed by atoms with Crippen molar-refractivity contribution in [3.63, 3.8) is 0 Å². The summed E-state index contributed by atoms with van der Waals surface area (Å²) in [6.07, 6.45) is 1.83. The van der Waals surface area contributed by atoms with Crippen LogP contribution in [0.1, 0.15) is 33.1 Å². The molecule has 0 heterocycles. The Bertz CT molecular complexity index is 449. The molecule has 1 amide bonds. The minimum absolute atomic E-state index is 0.116. The second-order valence-electron chi connectivity index (χ2n) is 5.27. The summed E-state index contributed by atoms with van der Waals surface area (Å²) in [4.78, 5) is 11.8. The van der Waals surface area contributed by atoms with Gasteiger partial charge in [-0.2, -0.15) is 0 Å². The molecule has 0 saturated heterocycles. The molecule has 1 unspecified atom stereocenters. The Morgan fingerprint density at radius 3 is 2.60 bits per heavy atom. The van der Waals surface area contributed by atoms with Gasteiger partial charge in [0, 0.05) is 6.42 Å². The number of anilines is 1. The molecule has 0 saturated carbocycles. The van der Waals surface area contributed by atoms with Crippen molar-refractivity contribution in [2.75, 3.05) is 11.9 Å². The summed E-state index contributed by atoms with van der Waals surface area (Å²) >= 11 is 0. The number of rotatable bonds is 7. The van der Waals surface area contributed by atoms with Gasteiger partial charge in [0.15, 0.2) is 11.6 Å². The van der Waals surface area contributed by atoms with Gasteiger partial charge < -0.3 is 11.1 Å². The lowest BCUT2D eigenvalue weighted by molar-refractivity contribution is -0.116. The van der Waals surface area contributed by atoms with E-state index in [0.717, 1.165) is 12.5 Å². The third kappa shape index (κ3) is 4.89. The van der Waals surface area contributed by atoms with Crippen LogP contribution in [0.3, 0.4) is 0 Å². The monoisotopic (exact) mass is 284 g/mol. The number of amides is 1. The van der Waals surface area contributed by atoms with E-state index in [1.807, 2.05) is 0 Å². The van der Waals surface area contributed by atoms with Crippen molar-refractivity contribution >= 4 is 11.6 Å². The van der Waals surface area contributed by atoms with Crippen LogP contribution in [0.25, 0.3) is 0 Å². The highest BCUT2D eigenvalue weighted by molar-refractivity contribution is 5.90. The quantitative estimate of drug-likeness (QED) is 0.807. The fraction of sp³-hybridized carbons (Fsp3) is 0.533. The second kappa shape index (κ2) is 7.94. The van der Waals surface area contributed by atoms with Gasteiger partial charge in [0.1, 0.15) is 0 Å². The van der Waals surface area contributed by atoms with Crippen LogP contribution in [0.2, 0.25) is 0 Å². The number of carbonyl (C=O) groups is 1. The molecule has 0 aromatic heterocycles. The summed E-state index contributed by atoms with van der Waals surface area (Å²) in [7, 11) is 0. The minimum Gasteiger partial charge on any atom is -0.330 e. The van der Waals surface area contributed by atoms with Crippen LogP contribution < -0.4 is 11.1 Å². The molecule has 3 N–H and O–H groups in total. The van der Waals surface area contributed by atoms with Crippen LogP contribution in [-0.4, -0.2) is 12.5 Å². The summed E-state index contributed by atoms with van der Waals surface area (Å²) in [5, 5.41) is 2.40. The largest absolute Gasteiger partial charge is 0.330 e. The van der Waals surface area contributed by atoms with Crippen molar-refractivity contribution in [3.8, 4) is 0 Å². The van der Waals surface area contributed by atoms with Crippen LogP contribution >= 0.6 is 0 Å². The Kier molecular flexibility index (Phi) is 6.58. The maximum absolute atomic E-state index is 13.4. The molecular weight excluding hydrogens is 262 g/mol. The molecule has 1 aromatic rings. The van der Waals surface area contributed by atoms with E-state index < -0.39 is 11.6 Å². The Hall–Kier alpha value is -1.49. The first-order chi connectivity index (χ1) is 9.45. The fourth-order valence-corrected chi connectivity index (χ4v) is 2.15. The molecule has 3 nitrogen and oxygen atoms in total. The Labute approximate surface area is 118 Å². The van der Waals surface area contributed by atoms with E-state index in [1.54, 1.807) is 0 Å². The molecule has 20 heavy (non-hydrogen) atoms. The standard InChI is InChI=1S/C15H22F2N2O/c1-10(2)11(8-9-18)6-7-14(20)19-13-5-3-4-12(16)15(13)17/h3-5,10-11H,6-9,18H2,1-2H3,(H,19,20). The first-order valence-electron chi connectivity index (χ1n) is 6.89. The molecule has 1 aromatic carbocycles. The van der Waals surface area contributed by atoms with E-state index >= 15 is 0 Å². The van der Waals surface area contributed by atoms with Crippen LogP contribution in [-0.2, 0) is 4.79 Å². The molecule has 5 heteroatoms. The topological polar surface area (TPSA) is 55.1 Å². The number of halogens is 2. The lowest BCUT2D eigenvalue weighted by Gasteiger charge is -2.19. The molecule has 0 bridgehead atoms. The summed E-state index contributed by atoms with van der Waals surface area (Å²) in [6.45, 7) is 4.76. The summed E-state index contributed by atoms with van der Waals surface area (Å²) in [5.41, 5.74) is 5.43. The average molecular weight is 284 g/mol. The van der Waals surface area contributed by atoms with Crippen LogP contribution in [0.4, 0.5) is 14.5 Å². The second-order valence-corrected chi connectivity index (χ2v) is 5.27. The fourth-order valence-electron chi connectivity index (χ4n) is 2.15. The van der Waals surface area contributed by atoms with Gasteiger partial charge in [0.25, 0.3) is 0 Å². The highest BCUT2D eigenvalue weighted by Crippen LogP contribution is 2.21. The van der Waals surface area contributed by atoms with E-state index in [1.165, 1.54) is 12.1 Å². The molecule has 1 atom stereocenters. The van der Waals surface area contributed by atoms with Crippen molar-refractivity contribution in [3.05, 3.63) is 29.8 Å². The first kappa shape index (κ1) is 16.6. The van der Waals surface area contributed by atoms with Crippen LogP contribution in [0.5, 0.6) is 0 Å². The van der Waals surface area contributed by atoms with Gasteiger partial charge in [-0.1, -0.05) is 19.9 Å². The van der Waals surface area contributed by atoms with E-state index in [0.29, 0.717) is 24.8 Å². The Morgan fingerprint density at radius 1 is 1.30 bits per heavy atom. The summed E-state index contributed by atoms with van der Waals surface area (Å²) in [5.74, 6) is -1.49. The third-order valence-corrected chi connectivity index (χ3v) is 3.45. The molecule has 0 aliphatic carbocycles. The molecule has 0 fully saturated rings. The number of hydrogen-bond donors (Lipinski definition) is 2. The molecular formula is C15H22F2N2O. The lowest BCUT2D eigenvalue weighted by Crippen LogP contribution is -2.19. The van der Waals surface area contributed by atoms with Crippen LogP contribution in [0, 0.1) is 23.5 Å². The van der Waals surface area contributed by atoms with Gasteiger partial charge in [0.2, 0.25) is 5.91 Å². The number of carbonyl (C=O) groups excluding carboxylic acids is 1. The molecule has 0 aliphatic heterocycles. The smallest absolute Gasteiger partial charge is 0.224 e. The van der Waals surface area contributed by atoms with Gasteiger partial charge >= 0.3 is 0 Å². The van der Waals surface area contributed by atoms with E-state index in [4.69, 9.17) is 5.73 Å². The number of nitrogens with two attached hydrogens (primary N) is 1. The van der Waals surface area contributed by atoms with E-state index in [9.17, 15) is 13.6 Å². The first-order valence-corrected chi connectivity index (χ1v) is 6.89. The van der Waals surface area contributed by atoms with Gasteiger partial charge in [-0.25, -0.2) is 8.78 Å². The van der Waals surface area contributed by atoms with Crippen molar-refractivity contribution in [1.29, 1.82) is 0 Å². The molecule has 0 aliphatic rings. The van der Waals surface area contributed by atoms with Crippen molar-refractivity contribution in [2.45, 2.75) is 33.1 Å². The summed E-state index contributed by atoms with van der Waals surface area (Å²) in [6, 6.07) is 3.72. The Morgan fingerprint density at radius 2 is 2.00 bits per heavy atom. The highest BCUT2D eigenvalue weighted by atomic mass is 19.2. The third-order valence-electron chi connectivity index (χ3n) is 3.45. The number of benzene rings is 1. The number of hydrogen-bond acceptors (Lipinski definition) is 2. The van der Waals surface area contributed by atoms with Crippen molar-refractivity contribution in [1.82, 2.24) is 0 Å². The molecule has 112 valence electrons. The number of nitrogens with one attached hydrogen (secondary N) is 1. The van der Waals surface area contributed by atoms with Crippen LogP contribution in [0.15, 0.2) is 18.2 Å². The predicted octanol–water partition coefficient (Wildman–Crippen LogP) is 3.30. The van der Waals surface area contributed by atoms with Gasteiger partial charge in [-0.3, -0.25) is 4.79 Å². The molecule has 1 rings (SSSR count). The molecule has 0 radical (unpaired) electrons. The van der Waals surface area contributed by atoms with Crippen molar-refractivity contribution < 1.29 is 13.6 Å².